The summed E-state index contributed by atoms with van der Waals surface area (Å²) in [5, 5.41) is 3.30. The minimum atomic E-state index is -0.193. The summed E-state index contributed by atoms with van der Waals surface area (Å²) in [6.45, 7) is 1.78. The van der Waals surface area contributed by atoms with Gasteiger partial charge in [0.2, 0.25) is 0 Å². The van der Waals surface area contributed by atoms with Crippen molar-refractivity contribution in [2.75, 3.05) is 20.1 Å². The van der Waals surface area contributed by atoms with Crippen molar-refractivity contribution in [3.05, 3.63) is 144 Å². The van der Waals surface area contributed by atoms with Gasteiger partial charge in [0, 0.05) is 26.2 Å². The topological polar surface area (TPSA) is 35.6 Å². The van der Waals surface area contributed by atoms with Crippen LogP contribution in [0.3, 0.4) is 0 Å². The third-order valence-electron chi connectivity index (χ3n) is 7.19. The first-order valence-electron chi connectivity index (χ1n) is 12.7. The van der Waals surface area contributed by atoms with Gasteiger partial charge in [-0.05, 0) is 28.7 Å². The predicted molar refractivity (Wildman–Crippen MR) is 146 cm³/mol. The molecule has 0 spiro atoms. The minimum absolute atomic E-state index is 0.0458. The van der Waals surface area contributed by atoms with Crippen molar-refractivity contribution in [1.29, 1.82) is 0 Å². The Kier molecular flexibility index (Phi) is 7.44. The van der Waals surface area contributed by atoms with E-state index in [9.17, 15) is 4.79 Å². The fourth-order valence-corrected chi connectivity index (χ4v) is 5.24. The number of hydrogen-bond acceptors (Lipinski definition) is 2. The van der Waals surface area contributed by atoms with E-state index in [0.29, 0.717) is 0 Å². The van der Waals surface area contributed by atoms with Crippen LogP contribution in [0.1, 0.15) is 40.8 Å². The van der Waals surface area contributed by atoms with Crippen LogP contribution in [-0.4, -0.2) is 42.0 Å². The SMILES string of the molecule is CN(C(=O)NC(c1ccccc1)c1ccccc1)C1CCN(C(c2ccccc2)c2ccccc2)C1. The summed E-state index contributed by atoms with van der Waals surface area (Å²) in [6.07, 6.45) is 0.946. The van der Waals surface area contributed by atoms with E-state index in [1.807, 2.05) is 48.3 Å². The highest BCUT2D eigenvalue weighted by atomic mass is 16.2. The summed E-state index contributed by atoms with van der Waals surface area (Å²) in [5.74, 6) is 0. The quantitative estimate of drug-likeness (QED) is 0.341. The first-order valence-corrected chi connectivity index (χ1v) is 12.7. The second-order valence-corrected chi connectivity index (χ2v) is 9.48. The van der Waals surface area contributed by atoms with Gasteiger partial charge in [0.25, 0.3) is 0 Å². The molecule has 1 fully saturated rings. The highest BCUT2D eigenvalue weighted by Crippen LogP contribution is 2.32. The smallest absolute Gasteiger partial charge is 0.318 e. The molecule has 4 aromatic carbocycles. The average Bonchev–Trinajstić information content (AvgIpc) is 3.43. The summed E-state index contributed by atoms with van der Waals surface area (Å²) in [5.41, 5.74) is 4.72. The lowest BCUT2D eigenvalue weighted by Crippen LogP contribution is -2.46. The van der Waals surface area contributed by atoms with Gasteiger partial charge < -0.3 is 10.2 Å². The highest BCUT2D eigenvalue weighted by molar-refractivity contribution is 5.75. The second-order valence-electron chi connectivity index (χ2n) is 9.48. The van der Waals surface area contributed by atoms with Crippen LogP contribution >= 0.6 is 0 Å². The molecule has 1 N–H and O–H groups in total. The lowest BCUT2D eigenvalue weighted by atomic mass is 9.97. The molecule has 1 aliphatic heterocycles. The van der Waals surface area contributed by atoms with Crippen LogP contribution in [0, 0.1) is 0 Å². The molecule has 36 heavy (non-hydrogen) atoms. The summed E-state index contributed by atoms with van der Waals surface area (Å²) in [7, 11) is 1.93. The van der Waals surface area contributed by atoms with Gasteiger partial charge in [0.05, 0.1) is 12.1 Å². The third-order valence-corrected chi connectivity index (χ3v) is 7.19. The number of likely N-dealkylation sites (tertiary alicyclic amines) is 1. The molecule has 0 aliphatic carbocycles. The van der Waals surface area contributed by atoms with Gasteiger partial charge >= 0.3 is 6.03 Å². The molecule has 0 radical (unpaired) electrons. The number of carbonyl (C=O) groups is 1. The molecule has 1 aliphatic rings. The zero-order valence-corrected chi connectivity index (χ0v) is 20.7. The Labute approximate surface area is 214 Å². The van der Waals surface area contributed by atoms with E-state index >= 15 is 0 Å². The second kappa shape index (κ2) is 11.2. The van der Waals surface area contributed by atoms with Gasteiger partial charge in [-0.15, -0.1) is 0 Å². The van der Waals surface area contributed by atoms with Crippen molar-refractivity contribution in [2.24, 2.45) is 0 Å². The first-order chi connectivity index (χ1) is 17.7. The van der Waals surface area contributed by atoms with Gasteiger partial charge in [0.15, 0.2) is 0 Å². The lowest BCUT2D eigenvalue weighted by molar-refractivity contribution is 0.183. The Bertz CT molecular complexity index is 1150. The van der Waals surface area contributed by atoms with Crippen molar-refractivity contribution in [3.8, 4) is 0 Å². The summed E-state index contributed by atoms with van der Waals surface area (Å²) in [6, 6.07) is 41.8. The number of nitrogens with zero attached hydrogens (tertiary/aromatic N) is 2. The molecule has 4 aromatic rings. The van der Waals surface area contributed by atoms with Gasteiger partial charge in [0.1, 0.15) is 0 Å². The maximum atomic E-state index is 13.5. The number of carbonyl (C=O) groups excluding carboxylic acids is 1. The monoisotopic (exact) mass is 475 g/mol. The highest BCUT2D eigenvalue weighted by Gasteiger charge is 2.34. The Balaban J connectivity index is 1.32. The molecule has 4 nitrogen and oxygen atoms in total. The normalized spacial score (nSPS) is 15.8. The molecule has 0 bridgehead atoms. The summed E-state index contributed by atoms with van der Waals surface area (Å²) >= 11 is 0. The number of likely N-dealkylation sites (N-methyl/N-ethyl adjacent to an activating group) is 1. The molecule has 0 saturated carbocycles. The Morgan fingerprint density at radius 3 is 1.58 bits per heavy atom. The van der Waals surface area contributed by atoms with Crippen LogP contribution in [0.15, 0.2) is 121 Å². The molecular weight excluding hydrogens is 442 g/mol. The van der Waals surface area contributed by atoms with Gasteiger partial charge in [-0.3, -0.25) is 4.90 Å². The molecule has 0 aromatic heterocycles. The molecule has 5 rings (SSSR count). The summed E-state index contributed by atoms with van der Waals surface area (Å²) in [4.78, 5) is 17.9. The Morgan fingerprint density at radius 2 is 1.14 bits per heavy atom. The van der Waals surface area contributed by atoms with E-state index in [4.69, 9.17) is 0 Å². The summed E-state index contributed by atoms with van der Waals surface area (Å²) < 4.78 is 0. The largest absolute Gasteiger partial charge is 0.327 e. The molecule has 1 heterocycles. The van der Waals surface area contributed by atoms with Crippen LogP contribution < -0.4 is 5.32 Å². The van der Waals surface area contributed by atoms with Crippen molar-refractivity contribution in [1.82, 2.24) is 15.1 Å². The molecular formula is C32H33N3O. The average molecular weight is 476 g/mol. The number of rotatable bonds is 7. The molecule has 2 amide bonds. The van der Waals surface area contributed by atoms with Crippen molar-refractivity contribution in [2.45, 2.75) is 24.5 Å². The van der Waals surface area contributed by atoms with Crippen molar-refractivity contribution < 1.29 is 4.79 Å². The fourth-order valence-electron chi connectivity index (χ4n) is 5.24. The van der Waals surface area contributed by atoms with Crippen LogP contribution in [-0.2, 0) is 0 Å². The Hall–Kier alpha value is -3.89. The van der Waals surface area contributed by atoms with Crippen LogP contribution in [0.25, 0.3) is 0 Å². The predicted octanol–water partition coefficient (Wildman–Crippen LogP) is 6.28. The number of benzene rings is 4. The van der Waals surface area contributed by atoms with E-state index < -0.39 is 0 Å². The third kappa shape index (κ3) is 5.34. The van der Waals surface area contributed by atoms with Crippen molar-refractivity contribution in [3.63, 3.8) is 0 Å². The maximum Gasteiger partial charge on any atom is 0.318 e. The minimum Gasteiger partial charge on any atom is -0.327 e. The molecule has 1 saturated heterocycles. The van der Waals surface area contributed by atoms with E-state index in [1.54, 1.807) is 0 Å². The molecule has 182 valence electrons. The van der Waals surface area contributed by atoms with Crippen LogP contribution in [0.4, 0.5) is 4.79 Å². The van der Waals surface area contributed by atoms with Crippen LogP contribution in [0.5, 0.6) is 0 Å². The van der Waals surface area contributed by atoms with E-state index in [1.165, 1.54) is 11.1 Å². The van der Waals surface area contributed by atoms with Gasteiger partial charge in [-0.2, -0.15) is 0 Å². The van der Waals surface area contributed by atoms with Gasteiger partial charge in [-0.25, -0.2) is 4.79 Å². The zero-order chi connectivity index (χ0) is 24.7. The molecule has 1 atom stereocenters. The van der Waals surface area contributed by atoms with Crippen molar-refractivity contribution >= 4 is 6.03 Å². The van der Waals surface area contributed by atoms with Gasteiger partial charge in [-0.1, -0.05) is 121 Å². The molecule has 1 unspecified atom stereocenters. The van der Waals surface area contributed by atoms with Crippen LogP contribution in [0.2, 0.25) is 0 Å². The first kappa shape index (κ1) is 23.8. The number of nitrogens with one attached hydrogen (secondary N) is 1. The number of hydrogen-bond donors (Lipinski definition) is 1. The Morgan fingerprint density at radius 1 is 0.722 bits per heavy atom. The number of amides is 2. The fraction of sp³-hybridized carbons (Fsp3) is 0.219. The molecule has 4 heteroatoms. The van der Waals surface area contributed by atoms with E-state index in [-0.39, 0.29) is 24.2 Å². The van der Waals surface area contributed by atoms with E-state index in [2.05, 4.69) is 95.1 Å². The lowest BCUT2D eigenvalue weighted by Gasteiger charge is -2.31. The number of urea groups is 1. The zero-order valence-electron chi connectivity index (χ0n) is 20.7. The maximum absolute atomic E-state index is 13.5. The standard InChI is InChI=1S/C32H33N3O/c1-34(32(36)33-30(25-14-6-2-7-15-25)26-16-8-3-9-17-26)29-22-23-35(24-29)31(27-18-10-4-11-19-27)28-20-12-5-13-21-28/h2-21,29-31H,22-24H2,1H3,(H,33,36). The van der Waals surface area contributed by atoms with E-state index in [0.717, 1.165) is 30.6 Å².